The summed E-state index contributed by atoms with van der Waals surface area (Å²) in [4.78, 5) is 12.3. The van der Waals surface area contributed by atoms with E-state index in [4.69, 9.17) is 11.6 Å². The second-order valence-electron chi connectivity index (χ2n) is 5.09. The third-order valence-corrected chi connectivity index (χ3v) is 4.07. The number of halogens is 1. The number of hydrogen-bond acceptors (Lipinski definition) is 1. The molecule has 0 aromatic heterocycles. The highest BCUT2D eigenvalue weighted by Crippen LogP contribution is 2.36. The fraction of sp³-hybridized carbons (Fsp3) is 0.235. The number of carbonyl (C=O) groups excluding carboxylic acids is 1. The molecule has 0 spiro atoms. The molecule has 1 saturated carbocycles. The minimum atomic E-state index is 0.0302. The minimum Gasteiger partial charge on any atom is -0.289 e. The topological polar surface area (TPSA) is 17.1 Å². The van der Waals surface area contributed by atoms with E-state index in [1.807, 2.05) is 12.1 Å². The highest BCUT2D eigenvalue weighted by Gasteiger charge is 2.19. The van der Waals surface area contributed by atoms with Crippen LogP contribution in [0.15, 0.2) is 48.5 Å². The summed E-state index contributed by atoms with van der Waals surface area (Å²) >= 11 is 5.92. The number of benzene rings is 2. The lowest BCUT2D eigenvalue weighted by Gasteiger charge is -2.25. The zero-order valence-corrected chi connectivity index (χ0v) is 11.4. The van der Waals surface area contributed by atoms with Crippen molar-refractivity contribution in [3.05, 3.63) is 70.2 Å². The van der Waals surface area contributed by atoms with Crippen molar-refractivity contribution in [3.8, 4) is 0 Å². The van der Waals surface area contributed by atoms with E-state index in [9.17, 15) is 4.79 Å². The molecule has 0 aliphatic heterocycles. The molecule has 3 rings (SSSR count). The maximum atomic E-state index is 12.3. The largest absolute Gasteiger partial charge is 0.289 e. The maximum absolute atomic E-state index is 12.3. The highest BCUT2D eigenvalue weighted by molar-refractivity contribution is 6.31. The van der Waals surface area contributed by atoms with Gasteiger partial charge in [0.15, 0.2) is 5.78 Å². The first kappa shape index (κ1) is 12.4. The molecule has 1 fully saturated rings. The van der Waals surface area contributed by atoms with E-state index in [0.29, 0.717) is 16.5 Å². The van der Waals surface area contributed by atoms with Crippen LogP contribution in [0.1, 0.15) is 46.7 Å². The maximum Gasteiger partial charge on any atom is 0.193 e. The Morgan fingerprint density at radius 2 is 1.74 bits per heavy atom. The Labute approximate surface area is 118 Å². The summed E-state index contributed by atoms with van der Waals surface area (Å²) in [6, 6.07) is 15.1. The Kier molecular flexibility index (Phi) is 3.39. The van der Waals surface area contributed by atoms with Gasteiger partial charge in [-0.25, -0.2) is 0 Å². The van der Waals surface area contributed by atoms with Crippen molar-refractivity contribution >= 4 is 17.4 Å². The van der Waals surface area contributed by atoms with Gasteiger partial charge in [0.25, 0.3) is 0 Å². The molecule has 1 nitrogen and oxygen atoms in total. The fourth-order valence-corrected chi connectivity index (χ4v) is 2.63. The fourth-order valence-electron chi connectivity index (χ4n) is 2.44. The van der Waals surface area contributed by atoms with Gasteiger partial charge in [0.05, 0.1) is 0 Å². The number of rotatable bonds is 3. The molecule has 2 heteroatoms. The van der Waals surface area contributed by atoms with Gasteiger partial charge in [-0.1, -0.05) is 54.4 Å². The second-order valence-corrected chi connectivity index (χ2v) is 5.53. The monoisotopic (exact) mass is 270 g/mol. The molecule has 0 saturated heterocycles. The molecule has 0 heterocycles. The summed E-state index contributed by atoms with van der Waals surface area (Å²) in [5, 5.41) is 0.594. The van der Waals surface area contributed by atoms with E-state index in [1.54, 1.807) is 24.3 Å². The van der Waals surface area contributed by atoms with Crippen LogP contribution in [-0.2, 0) is 0 Å². The van der Waals surface area contributed by atoms with Gasteiger partial charge in [-0.3, -0.25) is 4.79 Å². The van der Waals surface area contributed by atoms with Gasteiger partial charge in [-0.05, 0) is 36.5 Å². The van der Waals surface area contributed by atoms with E-state index in [1.165, 1.54) is 24.8 Å². The first-order valence-corrected chi connectivity index (χ1v) is 7.02. The van der Waals surface area contributed by atoms with Crippen molar-refractivity contribution in [2.45, 2.75) is 25.2 Å². The van der Waals surface area contributed by atoms with Crippen molar-refractivity contribution in [3.63, 3.8) is 0 Å². The van der Waals surface area contributed by atoms with Gasteiger partial charge in [-0.2, -0.15) is 0 Å². The summed E-state index contributed by atoms with van der Waals surface area (Å²) < 4.78 is 0. The molecule has 0 unspecified atom stereocenters. The Hall–Kier alpha value is -1.60. The van der Waals surface area contributed by atoms with Gasteiger partial charge < -0.3 is 0 Å². The SMILES string of the molecule is O=C(c1ccc(C2CCC2)cc1)c1cccc(Cl)c1. The summed E-state index contributed by atoms with van der Waals surface area (Å²) in [6.07, 6.45) is 3.89. The Bertz CT molecular complexity index is 597. The van der Waals surface area contributed by atoms with E-state index in [-0.39, 0.29) is 5.78 Å². The Morgan fingerprint density at radius 3 is 2.32 bits per heavy atom. The molecule has 0 radical (unpaired) electrons. The normalized spacial score (nSPS) is 15.0. The van der Waals surface area contributed by atoms with Crippen LogP contribution in [0.3, 0.4) is 0 Å². The molecule has 19 heavy (non-hydrogen) atoms. The Morgan fingerprint density at radius 1 is 1.00 bits per heavy atom. The minimum absolute atomic E-state index is 0.0302. The number of ketones is 1. The first-order valence-electron chi connectivity index (χ1n) is 6.64. The molecule has 0 atom stereocenters. The lowest BCUT2D eigenvalue weighted by atomic mass is 9.80. The quantitative estimate of drug-likeness (QED) is 0.730. The van der Waals surface area contributed by atoms with Gasteiger partial charge in [-0.15, -0.1) is 0 Å². The molecule has 96 valence electrons. The van der Waals surface area contributed by atoms with Crippen LogP contribution in [0.4, 0.5) is 0 Å². The van der Waals surface area contributed by atoms with Gasteiger partial charge in [0.1, 0.15) is 0 Å². The van der Waals surface area contributed by atoms with E-state index in [2.05, 4.69) is 12.1 Å². The predicted octanol–water partition coefficient (Wildman–Crippen LogP) is 4.84. The molecular formula is C17H15ClO. The molecule has 0 amide bonds. The van der Waals surface area contributed by atoms with Gasteiger partial charge in [0, 0.05) is 16.1 Å². The predicted molar refractivity (Wildman–Crippen MR) is 77.9 cm³/mol. The van der Waals surface area contributed by atoms with E-state index in [0.717, 1.165) is 5.56 Å². The number of carbonyl (C=O) groups is 1. The highest BCUT2D eigenvalue weighted by atomic mass is 35.5. The molecule has 2 aromatic rings. The zero-order chi connectivity index (χ0) is 13.2. The van der Waals surface area contributed by atoms with E-state index >= 15 is 0 Å². The molecule has 0 N–H and O–H groups in total. The third-order valence-electron chi connectivity index (χ3n) is 3.84. The van der Waals surface area contributed by atoms with Crippen LogP contribution in [0.25, 0.3) is 0 Å². The average Bonchev–Trinajstić information content (AvgIpc) is 2.37. The lowest BCUT2D eigenvalue weighted by molar-refractivity contribution is 0.103. The lowest BCUT2D eigenvalue weighted by Crippen LogP contribution is -2.09. The molecular weight excluding hydrogens is 256 g/mol. The first-order chi connectivity index (χ1) is 9.24. The summed E-state index contributed by atoms with van der Waals surface area (Å²) in [6.45, 7) is 0. The van der Waals surface area contributed by atoms with Crippen LogP contribution < -0.4 is 0 Å². The molecule has 1 aliphatic carbocycles. The molecule has 0 bridgehead atoms. The van der Waals surface area contributed by atoms with E-state index < -0.39 is 0 Å². The van der Waals surface area contributed by atoms with Crippen LogP contribution in [0.5, 0.6) is 0 Å². The zero-order valence-electron chi connectivity index (χ0n) is 10.6. The van der Waals surface area contributed by atoms with Crippen LogP contribution in [0, 0.1) is 0 Å². The summed E-state index contributed by atoms with van der Waals surface area (Å²) in [7, 11) is 0. The van der Waals surface area contributed by atoms with Crippen molar-refractivity contribution in [2.75, 3.05) is 0 Å². The third kappa shape index (κ3) is 2.57. The average molecular weight is 271 g/mol. The smallest absolute Gasteiger partial charge is 0.193 e. The summed E-state index contributed by atoms with van der Waals surface area (Å²) in [5.41, 5.74) is 2.73. The van der Waals surface area contributed by atoms with Gasteiger partial charge >= 0.3 is 0 Å². The van der Waals surface area contributed by atoms with Crippen LogP contribution in [-0.4, -0.2) is 5.78 Å². The van der Waals surface area contributed by atoms with Crippen molar-refractivity contribution in [1.82, 2.24) is 0 Å². The van der Waals surface area contributed by atoms with Crippen LogP contribution >= 0.6 is 11.6 Å². The standard InChI is InChI=1S/C17H15ClO/c18-16-6-2-5-15(11-16)17(19)14-9-7-13(8-10-14)12-3-1-4-12/h2,5-12H,1,3-4H2. The second kappa shape index (κ2) is 5.18. The molecule has 1 aliphatic rings. The van der Waals surface area contributed by atoms with Crippen molar-refractivity contribution in [1.29, 1.82) is 0 Å². The van der Waals surface area contributed by atoms with Gasteiger partial charge in [0.2, 0.25) is 0 Å². The van der Waals surface area contributed by atoms with Crippen molar-refractivity contribution in [2.24, 2.45) is 0 Å². The number of hydrogen-bond donors (Lipinski definition) is 0. The van der Waals surface area contributed by atoms with Crippen LogP contribution in [0.2, 0.25) is 5.02 Å². The molecule has 2 aromatic carbocycles. The summed E-state index contributed by atoms with van der Waals surface area (Å²) in [5.74, 6) is 0.734. The Balaban J connectivity index is 1.83. The van der Waals surface area contributed by atoms with Crippen molar-refractivity contribution < 1.29 is 4.79 Å².